The average molecular weight is 474 g/mol. The number of nitrogens with one attached hydrogen (secondary N) is 1. The van der Waals surface area contributed by atoms with Gasteiger partial charge in [0.25, 0.3) is 0 Å². The van der Waals surface area contributed by atoms with Crippen LogP contribution in [0.15, 0.2) is 30.9 Å². The first-order valence-electron chi connectivity index (χ1n) is 9.64. The number of fused-ring (bicyclic) bond motifs is 1. The zero-order chi connectivity index (χ0) is 23.7. The number of benzene rings is 1. The van der Waals surface area contributed by atoms with Crippen LogP contribution in [-0.4, -0.2) is 49.8 Å². The van der Waals surface area contributed by atoms with Crippen molar-refractivity contribution in [2.24, 2.45) is 0 Å². The second-order valence-electron chi connectivity index (χ2n) is 7.06. The van der Waals surface area contributed by atoms with Crippen LogP contribution < -0.4 is 5.32 Å². The maximum atomic E-state index is 13.4. The third-order valence-corrected chi connectivity index (χ3v) is 5.09. The van der Waals surface area contributed by atoms with E-state index in [1.807, 2.05) is 0 Å². The van der Waals surface area contributed by atoms with Gasteiger partial charge in [-0.15, -0.1) is 6.42 Å². The van der Waals surface area contributed by atoms with Crippen molar-refractivity contribution in [3.8, 4) is 12.3 Å². The maximum Gasteiger partial charge on any atom is 0.303 e. The fourth-order valence-electron chi connectivity index (χ4n) is 3.48. The molecule has 1 aliphatic heterocycles. The topological polar surface area (TPSA) is 117 Å². The highest BCUT2D eigenvalue weighted by Crippen LogP contribution is 2.36. The van der Waals surface area contributed by atoms with E-state index in [1.165, 1.54) is 43.2 Å². The molecule has 12 heteroatoms. The van der Waals surface area contributed by atoms with Gasteiger partial charge >= 0.3 is 11.9 Å². The molecule has 1 N–H and O–H groups in total. The molecule has 3 aromatic rings. The van der Waals surface area contributed by atoms with Gasteiger partial charge < -0.3 is 19.5 Å². The summed E-state index contributed by atoms with van der Waals surface area (Å²) in [6.07, 6.45) is 4.19. The molecule has 4 rings (SSSR count). The molecule has 0 aliphatic carbocycles. The molecule has 0 saturated carbocycles. The van der Waals surface area contributed by atoms with Crippen molar-refractivity contribution in [1.29, 1.82) is 0 Å². The van der Waals surface area contributed by atoms with Gasteiger partial charge in [0.2, 0.25) is 0 Å². The third-order valence-electron chi connectivity index (χ3n) is 4.77. The minimum absolute atomic E-state index is 0.149. The lowest BCUT2D eigenvalue weighted by Crippen LogP contribution is -2.38. The quantitative estimate of drug-likeness (QED) is 0.440. The van der Waals surface area contributed by atoms with Crippen LogP contribution in [-0.2, 0) is 23.8 Å². The van der Waals surface area contributed by atoms with Crippen molar-refractivity contribution in [2.45, 2.75) is 38.4 Å². The Labute approximate surface area is 192 Å². The van der Waals surface area contributed by atoms with Gasteiger partial charge in [0.05, 0.1) is 17.0 Å². The number of aromatic nitrogens is 4. The minimum atomic E-state index is -1.05. The van der Waals surface area contributed by atoms with Crippen LogP contribution in [0.4, 0.5) is 15.9 Å². The van der Waals surface area contributed by atoms with Crippen molar-refractivity contribution < 1.29 is 28.2 Å². The van der Waals surface area contributed by atoms with Crippen molar-refractivity contribution >= 4 is 46.2 Å². The van der Waals surface area contributed by atoms with Crippen molar-refractivity contribution in [2.75, 3.05) is 5.32 Å². The molecule has 1 saturated heterocycles. The second kappa shape index (κ2) is 9.01. The predicted octanol–water partition coefficient (Wildman–Crippen LogP) is 2.76. The molecule has 170 valence electrons. The molecule has 10 nitrogen and oxygen atoms in total. The molecule has 3 heterocycles. The average Bonchev–Trinajstić information content (AvgIpc) is 3.31. The summed E-state index contributed by atoms with van der Waals surface area (Å²) in [7, 11) is 0. The zero-order valence-electron chi connectivity index (χ0n) is 17.4. The molecule has 1 aromatic carbocycles. The Hall–Kier alpha value is -3.75. The van der Waals surface area contributed by atoms with E-state index >= 15 is 0 Å². The standard InChI is InChI=1S/C21H17ClFN5O5/c1-4-15-17(31-10(2)29)18(32-11(3)30)21(33-15)28-9-26-16-19(24-8-25-20(16)28)27-14-6-5-12(23)7-13(14)22/h1,5-9,15,17-18,21H,2-3H3,(H,24,25,27)/t15-,17+,18-,21-/m1/s1. The van der Waals surface area contributed by atoms with Gasteiger partial charge in [-0.2, -0.15) is 0 Å². The van der Waals surface area contributed by atoms with Crippen LogP contribution in [0.5, 0.6) is 0 Å². The third kappa shape index (κ3) is 4.44. The second-order valence-corrected chi connectivity index (χ2v) is 7.46. The van der Waals surface area contributed by atoms with Crippen molar-refractivity contribution in [1.82, 2.24) is 19.5 Å². The van der Waals surface area contributed by atoms with Gasteiger partial charge in [0.15, 0.2) is 41.5 Å². The number of halogens is 2. The van der Waals surface area contributed by atoms with Crippen molar-refractivity contribution in [3.63, 3.8) is 0 Å². The summed E-state index contributed by atoms with van der Waals surface area (Å²) in [6, 6.07) is 3.86. The Morgan fingerprint density at radius 1 is 1.21 bits per heavy atom. The van der Waals surface area contributed by atoms with Gasteiger partial charge in [-0.1, -0.05) is 17.5 Å². The highest BCUT2D eigenvalue weighted by molar-refractivity contribution is 6.33. The van der Waals surface area contributed by atoms with Crippen LogP contribution in [0.2, 0.25) is 5.02 Å². The highest BCUT2D eigenvalue weighted by atomic mass is 35.5. The number of esters is 2. The van der Waals surface area contributed by atoms with Crippen LogP contribution in [0.1, 0.15) is 20.1 Å². The Morgan fingerprint density at radius 3 is 2.61 bits per heavy atom. The number of hydrogen-bond donors (Lipinski definition) is 1. The number of hydrogen-bond acceptors (Lipinski definition) is 9. The lowest BCUT2D eigenvalue weighted by Gasteiger charge is -2.23. The Bertz CT molecular complexity index is 1280. The highest BCUT2D eigenvalue weighted by Gasteiger charge is 2.50. The SMILES string of the molecule is C#C[C@H]1O[C@@H](n2cnc3c(Nc4ccc(F)cc4Cl)ncnc32)[C@H](OC(C)=O)[C@H]1OC(C)=O. The molecule has 1 aliphatic rings. The predicted molar refractivity (Wildman–Crippen MR) is 114 cm³/mol. The molecule has 0 bridgehead atoms. The number of imidazole rings is 1. The molecule has 2 aromatic heterocycles. The largest absolute Gasteiger partial charge is 0.455 e. The number of anilines is 2. The van der Waals surface area contributed by atoms with E-state index in [0.717, 1.165) is 6.07 Å². The number of carbonyl (C=O) groups is 2. The van der Waals surface area contributed by atoms with E-state index in [2.05, 4.69) is 26.2 Å². The summed E-state index contributed by atoms with van der Waals surface area (Å²) in [6.45, 7) is 2.43. The molecular weight excluding hydrogens is 457 g/mol. The first-order valence-corrected chi connectivity index (χ1v) is 10.0. The summed E-state index contributed by atoms with van der Waals surface area (Å²) in [5, 5.41) is 3.14. The van der Waals surface area contributed by atoms with E-state index in [1.54, 1.807) is 0 Å². The molecule has 0 spiro atoms. The van der Waals surface area contributed by atoms with Crippen LogP contribution in [0.3, 0.4) is 0 Å². The van der Waals surface area contributed by atoms with Crippen LogP contribution in [0, 0.1) is 18.2 Å². The lowest BCUT2D eigenvalue weighted by atomic mass is 10.1. The summed E-state index contributed by atoms with van der Waals surface area (Å²) >= 11 is 6.10. The molecule has 1 fully saturated rings. The molecular formula is C21H17ClFN5O5. The molecule has 0 radical (unpaired) electrons. The Kier molecular flexibility index (Phi) is 6.13. The number of rotatable bonds is 5. The lowest BCUT2D eigenvalue weighted by molar-refractivity contribution is -0.165. The van der Waals surface area contributed by atoms with E-state index in [4.69, 9.17) is 32.2 Å². The van der Waals surface area contributed by atoms with Gasteiger partial charge in [-0.3, -0.25) is 14.2 Å². The molecule has 4 atom stereocenters. The number of ether oxygens (including phenoxy) is 3. The van der Waals surface area contributed by atoms with Crippen LogP contribution >= 0.6 is 11.6 Å². The number of carbonyl (C=O) groups excluding carboxylic acids is 2. The fourth-order valence-corrected chi connectivity index (χ4v) is 3.70. The summed E-state index contributed by atoms with van der Waals surface area (Å²) in [4.78, 5) is 36.1. The zero-order valence-corrected chi connectivity index (χ0v) is 18.1. The minimum Gasteiger partial charge on any atom is -0.455 e. The Balaban J connectivity index is 1.73. The van der Waals surface area contributed by atoms with E-state index < -0.39 is 42.3 Å². The molecule has 33 heavy (non-hydrogen) atoms. The van der Waals surface area contributed by atoms with Crippen molar-refractivity contribution in [3.05, 3.63) is 41.7 Å². The maximum absolute atomic E-state index is 13.4. The fraction of sp³-hybridized carbons (Fsp3) is 0.286. The summed E-state index contributed by atoms with van der Waals surface area (Å²) in [5.41, 5.74) is 1.05. The monoisotopic (exact) mass is 473 g/mol. The molecule has 0 unspecified atom stereocenters. The summed E-state index contributed by atoms with van der Waals surface area (Å²) < 4.78 is 31.4. The van der Waals surface area contributed by atoms with Crippen LogP contribution in [0.25, 0.3) is 11.2 Å². The van der Waals surface area contributed by atoms with Gasteiger partial charge in [-0.25, -0.2) is 19.3 Å². The number of nitrogens with zero attached hydrogens (tertiary/aromatic N) is 4. The normalized spacial score (nSPS) is 22.0. The van der Waals surface area contributed by atoms with E-state index in [-0.39, 0.29) is 5.02 Å². The first-order chi connectivity index (χ1) is 15.8. The van der Waals surface area contributed by atoms with E-state index in [0.29, 0.717) is 22.7 Å². The van der Waals surface area contributed by atoms with E-state index in [9.17, 15) is 14.0 Å². The van der Waals surface area contributed by atoms with Gasteiger partial charge in [0.1, 0.15) is 12.1 Å². The number of terminal acetylenes is 1. The molecule has 0 amide bonds. The summed E-state index contributed by atoms with van der Waals surface area (Å²) in [5.74, 6) is 0.986. The first kappa shape index (κ1) is 22.4. The van der Waals surface area contributed by atoms with Gasteiger partial charge in [0, 0.05) is 13.8 Å². The van der Waals surface area contributed by atoms with Gasteiger partial charge in [-0.05, 0) is 18.2 Å². The Morgan fingerprint density at radius 2 is 1.94 bits per heavy atom. The smallest absolute Gasteiger partial charge is 0.303 e.